The summed E-state index contributed by atoms with van der Waals surface area (Å²) >= 11 is 0. The van der Waals surface area contributed by atoms with Gasteiger partial charge in [-0.05, 0) is 52.2 Å². The molecule has 1 fully saturated rings. The second-order valence-corrected chi connectivity index (χ2v) is 9.31. The van der Waals surface area contributed by atoms with E-state index in [2.05, 4.69) is 25.9 Å². The van der Waals surface area contributed by atoms with Crippen molar-refractivity contribution in [2.45, 2.75) is 45.7 Å². The summed E-state index contributed by atoms with van der Waals surface area (Å²) in [5.41, 5.74) is -0.216. The molecule has 184 valence electrons. The molecule has 1 aliphatic rings. The first-order chi connectivity index (χ1) is 16.5. The van der Waals surface area contributed by atoms with Crippen molar-refractivity contribution in [3.63, 3.8) is 0 Å². The number of nitrogens with one attached hydrogen (secondary N) is 3. The number of pyridine rings is 2. The molecule has 3 aromatic rings. The lowest BCUT2D eigenvalue weighted by Gasteiger charge is -2.15. The third kappa shape index (κ3) is 6.06. The van der Waals surface area contributed by atoms with Crippen LogP contribution in [0.4, 0.5) is 29.5 Å². The fourth-order valence-corrected chi connectivity index (χ4v) is 3.57. The molecule has 0 bridgehead atoms. The van der Waals surface area contributed by atoms with Gasteiger partial charge in [0, 0.05) is 53.0 Å². The Bertz CT molecular complexity index is 1300. The summed E-state index contributed by atoms with van der Waals surface area (Å²) in [5.74, 6) is -1.42. The van der Waals surface area contributed by atoms with Crippen molar-refractivity contribution in [2.75, 3.05) is 17.2 Å². The van der Waals surface area contributed by atoms with E-state index in [1.807, 2.05) is 0 Å². The number of hydrogen-bond acceptors (Lipinski definition) is 4. The van der Waals surface area contributed by atoms with Crippen molar-refractivity contribution < 1.29 is 22.8 Å². The van der Waals surface area contributed by atoms with Crippen LogP contribution in [0.3, 0.4) is 0 Å². The van der Waals surface area contributed by atoms with Crippen LogP contribution in [0, 0.1) is 24.5 Å². The Balaban J connectivity index is 1.57. The van der Waals surface area contributed by atoms with Crippen molar-refractivity contribution in [3.05, 3.63) is 47.8 Å². The maximum atomic E-state index is 14.8. The lowest BCUT2D eigenvalue weighted by Crippen LogP contribution is -2.32. The molecule has 4 rings (SSSR count). The highest BCUT2D eigenvalue weighted by atomic mass is 19.1. The fourth-order valence-electron chi connectivity index (χ4n) is 3.57. The van der Waals surface area contributed by atoms with E-state index in [4.69, 9.17) is 0 Å². The predicted octanol–water partition coefficient (Wildman–Crippen LogP) is 5.49. The molecule has 35 heavy (non-hydrogen) atoms. The van der Waals surface area contributed by atoms with Gasteiger partial charge in [0.25, 0.3) is 0 Å². The van der Waals surface area contributed by atoms with E-state index < -0.39 is 23.3 Å². The van der Waals surface area contributed by atoms with Gasteiger partial charge in [0.15, 0.2) is 0 Å². The molecule has 1 saturated carbocycles. The molecule has 0 atom stereocenters. The number of alkyl halides is 1. The summed E-state index contributed by atoms with van der Waals surface area (Å²) in [5, 5.41) is 8.16. The summed E-state index contributed by atoms with van der Waals surface area (Å²) in [6.07, 6.45) is 3.35. The summed E-state index contributed by atoms with van der Waals surface area (Å²) in [4.78, 5) is 32.9. The first-order valence-corrected chi connectivity index (χ1v) is 11.3. The van der Waals surface area contributed by atoms with E-state index in [0.717, 1.165) is 12.8 Å². The third-order valence-electron chi connectivity index (χ3n) is 5.69. The van der Waals surface area contributed by atoms with Gasteiger partial charge in [-0.1, -0.05) is 0 Å². The van der Waals surface area contributed by atoms with Crippen molar-refractivity contribution in [3.8, 4) is 11.1 Å². The number of carbonyl (C=O) groups excluding carboxylic acids is 2. The topological polar surface area (TPSA) is 96.0 Å². The second-order valence-electron chi connectivity index (χ2n) is 9.31. The van der Waals surface area contributed by atoms with Gasteiger partial charge in [-0.3, -0.25) is 9.78 Å². The van der Waals surface area contributed by atoms with Gasteiger partial charge in [-0.15, -0.1) is 0 Å². The van der Waals surface area contributed by atoms with E-state index in [1.165, 1.54) is 26.1 Å². The van der Waals surface area contributed by atoms with Crippen LogP contribution < -0.4 is 16.0 Å². The van der Waals surface area contributed by atoms with Gasteiger partial charge >= 0.3 is 6.03 Å². The molecule has 1 aromatic carbocycles. The van der Waals surface area contributed by atoms with Crippen LogP contribution in [0.5, 0.6) is 0 Å². The van der Waals surface area contributed by atoms with Crippen molar-refractivity contribution in [1.82, 2.24) is 15.3 Å². The molecule has 0 unspecified atom stereocenters. The summed E-state index contributed by atoms with van der Waals surface area (Å²) in [6, 6.07) is 4.46. The SMILES string of the molecule is Cc1nc2cc(NC(=O)C3CC3)ncc2cc1-c1cc(NC(=O)NCCC(C)(C)F)c(F)cc1F. The maximum Gasteiger partial charge on any atom is 0.319 e. The van der Waals surface area contributed by atoms with Crippen LogP contribution >= 0.6 is 0 Å². The lowest BCUT2D eigenvalue weighted by atomic mass is 10.0. The van der Waals surface area contributed by atoms with Crippen LogP contribution in [-0.2, 0) is 4.79 Å². The molecule has 3 amide bonds. The minimum absolute atomic E-state index is 0.0337. The Morgan fingerprint density at radius 2 is 1.80 bits per heavy atom. The highest BCUT2D eigenvalue weighted by Gasteiger charge is 2.29. The van der Waals surface area contributed by atoms with Crippen molar-refractivity contribution in [1.29, 1.82) is 0 Å². The molecular weight excluding hydrogens is 459 g/mol. The number of halogens is 3. The quantitative estimate of drug-likeness (QED) is 0.412. The summed E-state index contributed by atoms with van der Waals surface area (Å²) in [7, 11) is 0. The number of benzene rings is 1. The Labute approximate surface area is 200 Å². The Morgan fingerprint density at radius 1 is 1.06 bits per heavy atom. The molecule has 7 nitrogen and oxygen atoms in total. The normalized spacial score (nSPS) is 13.5. The smallest absolute Gasteiger partial charge is 0.319 e. The highest BCUT2D eigenvalue weighted by molar-refractivity contribution is 5.95. The van der Waals surface area contributed by atoms with Gasteiger partial charge in [0.1, 0.15) is 23.1 Å². The molecule has 1 aliphatic carbocycles. The average Bonchev–Trinajstić information content (AvgIpc) is 3.60. The number of hydrogen-bond donors (Lipinski definition) is 3. The van der Waals surface area contributed by atoms with E-state index in [1.54, 1.807) is 19.1 Å². The number of fused-ring (bicyclic) bond motifs is 1. The molecule has 3 N–H and O–H groups in total. The number of rotatable bonds is 7. The number of amides is 3. The molecular formula is C25H26F3N5O2. The third-order valence-corrected chi connectivity index (χ3v) is 5.69. The first kappa shape index (κ1) is 24.4. The van der Waals surface area contributed by atoms with Crippen LogP contribution in [0.15, 0.2) is 30.5 Å². The zero-order chi connectivity index (χ0) is 25.3. The summed E-state index contributed by atoms with van der Waals surface area (Å²) < 4.78 is 42.7. The maximum absolute atomic E-state index is 14.8. The number of nitrogens with zero attached hydrogens (tertiary/aromatic N) is 2. The number of aromatic nitrogens is 2. The first-order valence-electron chi connectivity index (χ1n) is 11.3. The zero-order valence-electron chi connectivity index (χ0n) is 19.6. The number of aryl methyl sites for hydroxylation is 1. The Morgan fingerprint density at radius 3 is 2.49 bits per heavy atom. The molecule has 10 heteroatoms. The van der Waals surface area contributed by atoms with Crippen molar-refractivity contribution >= 4 is 34.3 Å². The number of urea groups is 1. The van der Waals surface area contributed by atoms with Gasteiger partial charge in [0.05, 0.1) is 11.2 Å². The van der Waals surface area contributed by atoms with E-state index in [0.29, 0.717) is 34.0 Å². The molecule has 2 aromatic heterocycles. The molecule has 0 radical (unpaired) electrons. The zero-order valence-corrected chi connectivity index (χ0v) is 19.6. The van der Waals surface area contributed by atoms with Gasteiger partial charge in [0.2, 0.25) is 5.91 Å². The minimum atomic E-state index is -1.46. The lowest BCUT2D eigenvalue weighted by molar-refractivity contribution is -0.117. The van der Waals surface area contributed by atoms with E-state index in [9.17, 15) is 22.8 Å². The van der Waals surface area contributed by atoms with Gasteiger partial charge in [-0.25, -0.2) is 22.9 Å². The van der Waals surface area contributed by atoms with Crippen LogP contribution in [0.1, 0.15) is 38.8 Å². The Kier molecular flexibility index (Phi) is 6.64. The monoisotopic (exact) mass is 485 g/mol. The van der Waals surface area contributed by atoms with Crippen LogP contribution in [0.25, 0.3) is 22.0 Å². The highest BCUT2D eigenvalue weighted by Crippen LogP contribution is 2.33. The molecule has 2 heterocycles. The van der Waals surface area contributed by atoms with Gasteiger partial charge < -0.3 is 16.0 Å². The van der Waals surface area contributed by atoms with Crippen LogP contribution in [0.2, 0.25) is 0 Å². The number of anilines is 2. The predicted molar refractivity (Wildman–Crippen MR) is 128 cm³/mol. The van der Waals surface area contributed by atoms with Crippen molar-refractivity contribution in [2.24, 2.45) is 5.92 Å². The van der Waals surface area contributed by atoms with Crippen LogP contribution in [-0.4, -0.2) is 34.1 Å². The standard InChI is InChI=1S/C25H26F3N5O2/c1-13-16(8-15-12-30-22(11-20(15)31-13)33-23(34)14-4-5-14)17-9-21(19(27)10-18(17)26)32-24(35)29-7-6-25(2,3)28/h8-12,14H,4-7H2,1-3H3,(H2,29,32,35)(H,30,33,34). The largest absolute Gasteiger partial charge is 0.338 e. The van der Waals surface area contributed by atoms with E-state index >= 15 is 0 Å². The Hall–Kier alpha value is -3.69. The number of carbonyl (C=O) groups is 2. The molecule has 0 spiro atoms. The molecule has 0 aliphatic heterocycles. The molecule has 0 saturated heterocycles. The second kappa shape index (κ2) is 9.52. The van der Waals surface area contributed by atoms with E-state index in [-0.39, 0.29) is 36.0 Å². The average molecular weight is 486 g/mol. The van der Waals surface area contributed by atoms with Gasteiger partial charge in [-0.2, -0.15) is 0 Å². The summed E-state index contributed by atoms with van der Waals surface area (Å²) in [6.45, 7) is 4.51. The fraction of sp³-hybridized carbons (Fsp3) is 0.360. The minimum Gasteiger partial charge on any atom is -0.338 e.